The molecule has 1 fully saturated rings. The highest BCUT2D eigenvalue weighted by Gasteiger charge is 2.28. The topological polar surface area (TPSA) is 49.4 Å². The van der Waals surface area contributed by atoms with Gasteiger partial charge in [0.05, 0.1) is 5.92 Å². The lowest BCUT2D eigenvalue weighted by Crippen LogP contribution is -2.47. The summed E-state index contributed by atoms with van der Waals surface area (Å²) >= 11 is 5.92. The van der Waals surface area contributed by atoms with Crippen molar-refractivity contribution < 1.29 is 9.59 Å². The molecule has 1 aliphatic heterocycles. The molecule has 158 valence electrons. The van der Waals surface area contributed by atoms with Crippen molar-refractivity contribution in [3.63, 3.8) is 0 Å². The average Bonchev–Trinajstić information content (AvgIpc) is 2.81. The van der Waals surface area contributed by atoms with Gasteiger partial charge >= 0.3 is 0 Å². The Morgan fingerprint density at radius 1 is 0.806 bits per heavy atom. The van der Waals surface area contributed by atoms with Gasteiger partial charge in [0.1, 0.15) is 0 Å². The van der Waals surface area contributed by atoms with Crippen LogP contribution >= 0.6 is 11.6 Å². The Morgan fingerprint density at radius 2 is 1.32 bits per heavy atom. The molecule has 3 aromatic carbocycles. The van der Waals surface area contributed by atoms with Crippen LogP contribution in [0.15, 0.2) is 84.9 Å². The first-order chi connectivity index (χ1) is 15.1. The summed E-state index contributed by atoms with van der Waals surface area (Å²) in [4.78, 5) is 27.8. The zero-order chi connectivity index (χ0) is 21.6. The van der Waals surface area contributed by atoms with Gasteiger partial charge in [0.2, 0.25) is 5.91 Å². The molecule has 4 nitrogen and oxygen atoms in total. The second-order valence-electron chi connectivity index (χ2n) is 7.84. The van der Waals surface area contributed by atoms with E-state index in [0.717, 1.165) is 24.0 Å². The first-order valence-electron chi connectivity index (χ1n) is 10.6. The van der Waals surface area contributed by atoms with Crippen molar-refractivity contribution in [3.8, 4) is 0 Å². The van der Waals surface area contributed by atoms with Gasteiger partial charge in [0.25, 0.3) is 5.91 Å². The number of nitrogens with one attached hydrogen (secondary N) is 1. The fourth-order valence-electron chi connectivity index (χ4n) is 4.07. The fourth-order valence-corrected chi connectivity index (χ4v) is 4.20. The summed E-state index contributed by atoms with van der Waals surface area (Å²) in [5, 5.41) is 3.84. The summed E-state index contributed by atoms with van der Waals surface area (Å²) in [7, 11) is 0. The highest BCUT2D eigenvalue weighted by atomic mass is 35.5. The Morgan fingerprint density at radius 3 is 1.84 bits per heavy atom. The van der Waals surface area contributed by atoms with Crippen molar-refractivity contribution in [1.82, 2.24) is 10.2 Å². The van der Waals surface area contributed by atoms with E-state index in [0.29, 0.717) is 23.7 Å². The lowest BCUT2D eigenvalue weighted by atomic mass is 9.90. The van der Waals surface area contributed by atoms with E-state index in [2.05, 4.69) is 5.32 Å². The van der Waals surface area contributed by atoms with Crippen LogP contribution in [0, 0.1) is 0 Å². The molecule has 1 heterocycles. The van der Waals surface area contributed by atoms with Crippen LogP contribution in [-0.4, -0.2) is 35.8 Å². The molecule has 0 unspecified atom stereocenters. The molecule has 2 amide bonds. The van der Waals surface area contributed by atoms with Crippen molar-refractivity contribution in [3.05, 3.63) is 107 Å². The van der Waals surface area contributed by atoms with Crippen molar-refractivity contribution in [2.45, 2.75) is 24.8 Å². The first-order valence-corrected chi connectivity index (χ1v) is 10.9. The summed E-state index contributed by atoms with van der Waals surface area (Å²) in [6, 6.07) is 26.7. The monoisotopic (exact) mass is 432 g/mol. The standard InChI is InChI=1S/C26H25ClN2O2/c27-22-13-11-21(12-14-22)26(31)29-17-15-23(16-18-29)28-25(30)24(19-7-3-1-4-8-19)20-9-5-2-6-10-20/h1-14,23-24H,15-18H2,(H,28,30). The van der Waals surface area contributed by atoms with Crippen LogP contribution in [0.5, 0.6) is 0 Å². The zero-order valence-electron chi connectivity index (χ0n) is 17.2. The van der Waals surface area contributed by atoms with E-state index in [-0.39, 0.29) is 23.8 Å². The molecule has 0 radical (unpaired) electrons. The van der Waals surface area contributed by atoms with E-state index in [9.17, 15) is 9.59 Å². The van der Waals surface area contributed by atoms with Gasteiger partial charge < -0.3 is 10.2 Å². The fraction of sp³-hybridized carbons (Fsp3) is 0.231. The maximum Gasteiger partial charge on any atom is 0.253 e. The van der Waals surface area contributed by atoms with E-state index >= 15 is 0 Å². The summed E-state index contributed by atoms with van der Waals surface area (Å²) in [5.74, 6) is -0.344. The summed E-state index contributed by atoms with van der Waals surface area (Å²) in [6.07, 6.45) is 1.47. The normalized spacial score (nSPS) is 14.5. The van der Waals surface area contributed by atoms with Crippen molar-refractivity contribution in [2.24, 2.45) is 0 Å². The lowest BCUT2D eigenvalue weighted by molar-refractivity contribution is -0.122. The number of carbonyl (C=O) groups excluding carboxylic acids is 2. The third kappa shape index (κ3) is 5.15. The van der Waals surface area contributed by atoms with E-state index in [1.165, 1.54) is 0 Å². The number of likely N-dealkylation sites (tertiary alicyclic amines) is 1. The number of amides is 2. The van der Waals surface area contributed by atoms with Crippen LogP contribution in [0.25, 0.3) is 0 Å². The molecule has 3 aromatic rings. The molecule has 0 aliphatic carbocycles. The second kappa shape index (κ2) is 9.80. The number of hydrogen-bond acceptors (Lipinski definition) is 2. The molecule has 1 saturated heterocycles. The largest absolute Gasteiger partial charge is 0.352 e. The second-order valence-corrected chi connectivity index (χ2v) is 8.27. The molecule has 0 saturated carbocycles. The van der Waals surface area contributed by atoms with Gasteiger partial charge in [0.15, 0.2) is 0 Å². The highest BCUT2D eigenvalue weighted by Crippen LogP contribution is 2.26. The third-order valence-corrected chi connectivity index (χ3v) is 6.00. The van der Waals surface area contributed by atoms with E-state index in [1.54, 1.807) is 24.3 Å². The Bertz CT molecular complexity index is 975. The predicted octanol–water partition coefficient (Wildman–Crippen LogP) is 4.89. The van der Waals surface area contributed by atoms with Gasteiger partial charge in [-0.25, -0.2) is 0 Å². The van der Waals surface area contributed by atoms with Crippen LogP contribution in [0.1, 0.15) is 40.2 Å². The quantitative estimate of drug-likeness (QED) is 0.623. The van der Waals surface area contributed by atoms with E-state index in [4.69, 9.17) is 11.6 Å². The van der Waals surface area contributed by atoms with Crippen LogP contribution in [0.4, 0.5) is 0 Å². The van der Waals surface area contributed by atoms with Gasteiger partial charge in [-0.15, -0.1) is 0 Å². The predicted molar refractivity (Wildman–Crippen MR) is 123 cm³/mol. The molecular formula is C26H25ClN2O2. The minimum atomic E-state index is -0.351. The van der Waals surface area contributed by atoms with Gasteiger partial charge in [-0.2, -0.15) is 0 Å². The van der Waals surface area contributed by atoms with Crippen molar-refractivity contribution >= 4 is 23.4 Å². The molecule has 0 aromatic heterocycles. The van der Waals surface area contributed by atoms with Crippen LogP contribution in [-0.2, 0) is 4.79 Å². The Labute approximate surface area is 187 Å². The highest BCUT2D eigenvalue weighted by molar-refractivity contribution is 6.30. The van der Waals surface area contributed by atoms with Gasteiger partial charge in [-0.3, -0.25) is 9.59 Å². The number of rotatable bonds is 5. The first kappa shape index (κ1) is 21.1. The number of hydrogen-bond donors (Lipinski definition) is 1. The van der Waals surface area contributed by atoms with Crippen LogP contribution in [0.2, 0.25) is 5.02 Å². The summed E-state index contributed by atoms with van der Waals surface area (Å²) in [5.41, 5.74) is 2.59. The van der Waals surface area contributed by atoms with Crippen molar-refractivity contribution in [1.29, 1.82) is 0 Å². The number of carbonyl (C=O) groups is 2. The Kier molecular flexibility index (Phi) is 6.68. The maximum atomic E-state index is 13.3. The van der Waals surface area contributed by atoms with Gasteiger partial charge in [0, 0.05) is 29.7 Å². The molecule has 0 bridgehead atoms. The van der Waals surface area contributed by atoms with Gasteiger partial charge in [-0.05, 0) is 48.2 Å². The zero-order valence-corrected chi connectivity index (χ0v) is 18.0. The van der Waals surface area contributed by atoms with Gasteiger partial charge in [-0.1, -0.05) is 72.3 Å². The van der Waals surface area contributed by atoms with Crippen LogP contribution < -0.4 is 5.32 Å². The average molecular weight is 433 g/mol. The minimum Gasteiger partial charge on any atom is -0.352 e. The van der Waals surface area contributed by atoms with E-state index < -0.39 is 0 Å². The minimum absolute atomic E-state index is 0.000113. The molecule has 0 atom stereocenters. The molecule has 0 spiro atoms. The number of halogens is 1. The Hall–Kier alpha value is -3.11. The molecule has 4 rings (SSSR count). The molecule has 31 heavy (non-hydrogen) atoms. The SMILES string of the molecule is O=C(NC1CCN(C(=O)c2ccc(Cl)cc2)CC1)C(c1ccccc1)c1ccccc1. The van der Waals surface area contributed by atoms with Crippen LogP contribution in [0.3, 0.4) is 0 Å². The molecular weight excluding hydrogens is 408 g/mol. The molecule has 1 N–H and O–H groups in total. The Balaban J connectivity index is 1.40. The third-order valence-electron chi connectivity index (χ3n) is 5.75. The number of benzene rings is 3. The molecule has 1 aliphatic rings. The smallest absolute Gasteiger partial charge is 0.253 e. The summed E-state index contributed by atoms with van der Waals surface area (Å²) < 4.78 is 0. The number of piperidine rings is 1. The lowest BCUT2D eigenvalue weighted by Gasteiger charge is -2.33. The number of nitrogens with zero attached hydrogens (tertiary/aromatic N) is 1. The maximum absolute atomic E-state index is 13.3. The van der Waals surface area contributed by atoms with E-state index in [1.807, 2.05) is 65.6 Å². The summed E-state index contributed by atoms with van der Waals surface area (Å²) in [6.45, 7) is 1.24. The molecule has 5 heteroatoms. The van der Waals surface area contributed by atoms with Crippen molar-refractivity contribution in [2.75, 3.05) is 13.1 Å².